The van der Waals surface area contributed by atoms with Crippen molar-refractivity contribution in [3.63, 3.8) is 0 Å². The van der Waals surface area contributed by atoms with E-state index in [1.165, 1.54) is 23.1 Å². The average Bonchev–Trinajstić information content (AvgIpc) is 2.70. The number of para-hydroxylation sites is 2. The van der Waals surface area contributed by atoms with E-state index in [-0.39, 0.29) is 17.0 Å². The third kappa shape index (κ3) is 4.75. The van der Waals surface area contributed by atoms with E-state index in [0.29, 0.717) is 12.3 Å². The number of amides is 1. The number of hydrogen-bond acceptors (Lipinski definition) is 3. The van der Waals surface area contributed by atoms with Gasteiger partial charge in [0.1, 0.15) is 11.6 Å². The molecule has 5 nitrogen and oxygen atoms in total. The number of rotatable bonds is 6. The fourth-order valence-electron chi connectivity index (χ4n) is 3.48. The van der Waals surface area contributed by atoms with E-state index in [1.807, 2.05) is 32.0 Å². The molecule has 3 rings (SSSR count). The molecule has 1 aliphatic heterocycles. The predicted molar refractivity (Wildman–Crippen MR) is 110 cm³/mol. The summed E-state index contributed by atoms with van der Waals surface area (Å²) in [7, 11) is 0. The van der Waals surface area contributed by atoms with Crippen LogP contribution >= 0.6 is 11.6 Å². The molecule has 0 spiro atoms. The first kappa shape index (κ1) is 20.4. The van der Waals surface area contributed by atoms with Gasteiger partial charge in [-0.2, -0.15) is 0 Å². The van der Waals surface area contributed by atoms with Crippen molar-refractivity contribution >= 4 is 28.9 Å². The predicted octanol–water partition coefficient (Wildman–Crippen LogP) is 2.61. The highest BCUT2D eigenvalue weighted by Gasteiger charge is 2.30. The fourth-order valence-corrected chi connectivity index (χ4v) is 3.70. The Morgan fingerprint density at radius 1 is 1.29 bits per heavy atom. The first-order valence-electron chi connectivity index (χ1n) is 9.57. The maximum absolute atomic E-state index is 13.2. The highest BCUT2D eigenvalue weighted by atomic mass is 35.5. The second kappa shape index (κ2) is 9.26. The van der Waals surface area contributed by atoms with Crippen molar-refractivity contribution in [3.8, 4) is 5.75 Å². The van der Waals surface area contributed by atoms with Crippen molar-refractivity contribution in [1.29, 1.82) is 0 Å². The number of nitrogens with one attached hydrogen (secondary N) is 2. The van der Waals surface area contributed by atoms with Gasteiger partial charge in [-0.15, -0.1) is 0 Å². The topological polar surface area (TPSA) is 46.0 Å². The van der Waals surface area contributed by atoms with E-state index in [1.54, 1.807) is 0 Å². The molecular weight excluding hydrogens is 381 g/mol. The molecule has 1 heterocycles. The molecule has 2 aromatic carbocycles. The second-order valence-corrected chi connectivity index (χ2v) is 7.29. The van der Waals surface area contributed by atoms with Crippen LogP contribution in [0.25, 0.3) is 0 Å². The van der Waals surface area contributed by atoms with Crippen LogP contribution < -0.4 is 19.9 Å². The minimum Gasteiger partial charge on any atom is -0.492 e. The Bertz CT molecular complexity index is 825. The summed E-state index contributed by atoms with van der Waals surface area (Å²) in [6, 6.07) is 11.8. The van der Waals surface area contributed by atoms with Crippen LogP contribution in [0.2, 0.25) is 5.02 Å². The number of halogens is 2. The smallest absolute Gasteiger partial charge is 0.282 e. The van der Waals surface area contributed by atoms with Gasteiger partial charge >= 0.3 is 0 Å². The highest BCUT2D eigenvalue weighted by Crippen LogP contribution is 2.28. The summed E-state index contributed by atoms with van der Waals surface area (Å²) in [6.07, 6.45) is 0. The lowest BCUT2D eigenvalue weighted by molar-refractivity contribution is -0.914. The molecule has 150 valence electrons. The molecule has 1 saturated heterocycles. The summed E-state index contributed by atoms with van der Waals surface area (Å²) in [5, 5.41) is 3.01. The zero-order chi connectivity index (χ0) is 20.1. The van der Waals surface area contributed by atoms with Gasteiger partial charge in [0, 0.05) is 0 Å². The number of benzene rings is 2. The van der Waals surface area contributed by atoms with Crippen molar-refractivity contribution in [1.82, 2.24) is 0 Å². The second-order valence-electron chi connectivity index (χ2n) is 6.88. The van der Waals surface area contributed by atoms with Crippen LogP contribution in [-0.4, -0.2) is 44.7 Å². The van der Waals surface area contributed by atoms with Crippen LogP contribution in [0.4, 0.5) is 15.8 Å². The SMILES string of the molecule is CCOc1ccccc1N1CC[NH+]([C@H](C)C(=O)Nc2ccc(F)cc2Cl)CC1. The van der Waals surface area contributed by atoms with Gasteiger partial charge in [-0.25, -0.2) is 4.39 Å². The Morgan fingerprint density at radius 2 is 2.00 bits per heavy atom. The van der Waals surface area contributed by atoms with Gasteiger partial charge in [-0.05, 0) is 44.2 Å². The molecule has 0 unspecified atom stereocenters. The number of nitrogens with zero attached hydrogens (tertiary/aromatic N) is 1. The summed E-state index contributed by atoms with van der Waals surface area (Å²) in [4.78, 5) is 16.1. The zero-order valence-corrected chi connectivity index (χ0v) is 16.9. The maximum atomic E-state index is 13.2. The molecule has 1 fully saturated rings. The van der Waals surface area contributed by atoms with Crippen molar-refractivity contribution in [2.24, 2.45) is 0 Å². The third-order valence-electron chi connectivity index (χ3n) is 5.11. The van der Waals surface area contributed by atoms with E-state index in [4.69, 9.17) is 16.3 Å². The van der Waals surface area contributed by atoms with Crippen molar-refractivity contribution in [2.75, 3.05) is 43.0 Å². The molecule has 1 amide bonds. The molecule has 2 N–H and O–H groups in total. The van der Waals surface area contributed by atoms with Crippen LogP contribution in [0.5, 0.6) is 5.75 Å². The standard InChI is InChI=1S/C21H25ClFN3O2/c1-3-28-20-7-5-4-6-19(20)26-12-10-25(11-13-26)15(2)21(27)24-18-9-8-16(23)14-17(18)22/h4-9,14-15H,3,10-13H2,1-2H3,(H,24,27)/p+1/t15-/m1/s1. The quantitative estimate of drug-likeness (QED) is 0.775. The Kier molecular flexibility index (Phi) is 6.75. The van der Waals surface area contributed by atoms with Gasteiger partial charge in [-0.1, -0.05) is 23.7 Å². The highest BCUT2D eigenvalue weighted by molar-refractivity contribution is 6.33. The molecule has 1 aliphatic rings. The fraction of sp³-hybridized carbons (Fsp3) is 0.381. The summed E-state index contributed by atoms with van der Waals surface area (Å²) in [5.74, 6) is 0.349. The number of carbonyl (C=O) groups is 1. The number of piperazine rings is 1. The van der Waals surface area contributed by atoms with E-state index in [0.717, 1.165) is 37.6 Å². The normalized spacial score (nSPS) is 15.9. The van der Waals surface area contributed by atoms with Crippen molar-refractivity contribution in [3.05, 3.63) is 53.3 Å². The van der Waals surface area contributed by atoms with Crippen LogP contribution in [0.3, 0.4) is 0 Å². The lowest BCUT2D eigenvalue weighted by Gasteiger charge is -2.36. The lowest BCUT2D eigenvalue weighted by Crippen LogP contribution is -3.19. The van der Waals surface area contributed by atoms with Gasteiger partial charge < -0.3 is 19.9 Å². The largest absolute Gasteiger partial charge is 0.492 e. The van der Waals surface area contributed by atoms with Crippen LogP contribution in [0, 0.1) is 5.82 Å². The number of carbonyl (C=O) groups excluding carboxylic acids is 1. The zero-order valence-electron chi connectivity index (χ0n) is 16.2. The van der Waals surface area contributed by atoms with Crippen LogP contribution in [0.15, 0.2) is 42.5 Å². The summed E-state index contributed by atoms with van der Waals surface area (Å²) in [5.41, 5.74) is 1.53. The van der Waals surface area contributed by atoms with Gasteiger partial charge in [0.2, 0.25) is 0 Å². The van der Waals surface area contributed by atoms with Gasteiger partial charge in [0.25, 0.3) is 5.91 Å². The summed E-state index contributed by atoms with van der Waals surface area (Å²) < 4.78 is 18.9. The van der Waals surface area contributed by atoms with E-state index < -0.39 is 5.82 Å². The number of hydrogen-bond donors (Lipinski definition) is 2. The van der Waals surface area contributed by atoms with Gasteiger partial charge in [0.15, 0.2) is 6.04 Å². The first-order chi connectivity index (χ1) is 13.5. The van der Waals surface area contributed by atoms with Crippen LogP contribution in [0.1, 0.15) is 13.8 Å². The molecule has 2 aromatic rings. The summed E-state index contributed by atoms with van der Waals surface area (Å²) in [6.45, 7) is 7.88. The molecule has 28 heavy (non-hydrogen) atoms. The molecule has 0 saturated carbocycles. The minimum absolute atomic E-state index is 0.119. The molecule has 1 atom stereocenters. The Labute approximate surface area is 170 Å². The van der Waals surface area contributed by atoms with E-state index in [9.17, 15) is 9.18 Å². The molecule has 0 aromatic heterocycles. The monoisotopic (exact) mass is 406 g/mol. The molecule has 0 bridgehead atoms. The third-order valence-corrected chi connectivity index (χ3v) is 5.42. The van der Waals surface area contributed by atoms with Gasteiger partial charge in [0.05, 0.1) is 49.2 Å². The van der Waals surface area contributed by atoms with E-state index in [2.05, 4.69) is 16.3 Å². The number of quaternary nitrogens is 1. The van der Waals surface area contributed by atoms with Crippen molar-refractivity contribution < 1.29 is 18.8 Å². The molecule has 0 aliphatic carbocycles. The Balaban J connectivity index is 1.59. The molecular formula is C21H26ClFN3O2+. The molecule has 0 radical (unpaired) electrons. The van der Waals surface area contributed by atoms with E-state index >= 15 is 0 Å². The minimum atomic E-state index is -0.426. The van der Waals surface area contributed by atoms with Crippen LogP contribution in [-0.2, 0) is 4.79 Å². The number of ether oxygens (including phenoxy) is 1. The maximum Gasteiger partial charge on any atom is 0.282 e. The van der Waals surface area contributed by atoms with Gasteiger partial charge in [-0.3, -0.25) is 4.79 Å². The lowest BCUT2D eigenvalue weighted by atomic mass is 10.2. The molecule has 7 heteroatoms. The first-order valence-corrected chi connectivity index (χ1v) is 9.94. The number of anilines is 2. The average molecular weight is 407 g/mol. The van der Waals surface area contributed by atoms with Crippen molar-refractivity contribution in [2.45, 2.75) is 19.9 Å². The summed E-state index contributed by atoms with van der Waals surface area (Å²) >= 11 is 6.01. The Hall–Kier alpha value is -2.31. The Morgan fingerprint density at radius 3 is 2.68 bits per heavy atom.